The van der Waals surface area contributed by atoms with Gasteiger partial charge in [-0.05, 0) is 48.4 Å². The van der Waals surface area contributed by atoms with Gasteiger partial charge >= 0.3 is 0 Å². The maximum Gasteiger partial charge on any atom is 0.254 e. The van der Waals surface area contributed by atoms with E-state index in [0.29, 0.717) is 39.9 Å². The van der Waals surface area contributed by atoms with E-state index in [0.717, 1.165) is 6.42 Å². The molecule has 0 atom stereocenters. The van der Waals surface area contributed by atoms with Crippen LogP contribution in [0.3, 0.4) is 0 Å². The molecule has 0 fully saturated rings. The van der Waals surface area contributed by atoms with E-state index in [9.17, 15) is 9.59 Å². The molecule has 0 saturated carbocycles. The molecule has 2 aromatic rings. The average Bonchev–Trinajstić information content (AvgIpc) is 2.70. The van der Waals surface area contributed by atoms with Crippen molar-refractivity contribution < 1.29 is 19.1 Å². The standard InChI is InChI=1S/C22H24Cl2N2O4/c1-5-10-30-21-18(24)11-14(12-19(21)29-4)6-9-20(27)25-15-7-8-16(17(23)13-15)22(28)26(2)3/h6-9,11-13H,5,10H2,1-4H3,(H,25,27)/b9-6+. The third-order valence-electron chi connectivity index (χ3n) is 4.00. The van der Waals surface area contributed by atoms with Gasteiger partial charge in [0.2, 0.25) is 5.91 Å². The minimum atomic E-state index is -0.362. The van der Waals surface area contributed by atoms with Gasteiger partial charge in [-0.1, -0.05) is 30.1 Å². The highest BCUT2D eigenvalue weighted by Gasteiger charge is 2.13. The largest absolute Gasteiger partial charge is 0.493 e. The fourth-order valence-electron chi connectivity index (χ4n) is 2.54. The van der Waals surface area contributed by atoms with Crippen LogP contribution in [0.25, 0.3) is 6.08 Å². The van der Waals surface area contributed by atoms with Crippen molar-refractivity contribution in [3.63, 3.8) is 0 Å². The van der Waals surface area contributed by atoms with Crippen LogP contribution in [0.1, 0.15) is 29.3 Å². The van der Waals surface area contributed by atoms with Gasteiger partial charge in [-0.25, -0.2) is 0 Å². The molecule has 0 aliphatic carbocycles. The zero-order valence-electron chi connectivity index (χ0n) is 17.3. The first-order valence-electron chi connectivity index (χ1n) is 9.27. The number of ether oxygens (including phenoxy) is 2. The molecular formula is C22H24Cl2N2O4. The Morgan fingerprint density at radius 3 is 2.47 bits per heavy atom. The molecule has 0 aliphatic rings. The number of nitrogens with zero attached hydrogens (tertiary/aromatic N) is 1. The van der Waals surface area contributed by atoms with Gasteiger partial charge in [0.25, 0.3) is 5.91 Å². The van der Waals surface area contributed by atoms with Crippen molar-refractivity contribution in [2.24, 2.45) is 0 Å². The lowest BCUT2D eigenvalue weighted by atomic mass is 10.1. The molecule has 160 valence electrons. The molecule has 0 unspecified atom stereocenters. The molecule has 0 spiro atoms. The van der Waals surface area contributed by atoms with Gasteiger partial charge in [0, 0.05) is 25.9 Å². The quantitative estimate of drug-likeness (QED) is 0.564. The molecule has 1 N–H and O–H groups in total. The third kappa shape index (κ3) is 6.15. The minimum Gasteiger partial charge on any atom is -0.493 e. The zero-order chi connectivity index (χ0) is 22.3. The fraction of sp³-hybridized carbons (Fsp3) is 0.273. The van der Waals surface area contributed by atoms with Crippen molar-refractivity contribution in [2.45, 2.75) is 13.3 Å². The third-order valence-corrected chi connectivity index (χ3v) is 4.60. The van der Waals surface area contributed by atoms with Gasteiger partial charge < -0.3 is 19.7 Å². The number of hydrogen-bond acceptors (Lipinski definition) is 4. The number of methoxy groups -OCH3 is 1. The Bertz CT molecular complexity index is 958. The minimum absolute atomic E-state index is 0.213. The SMILES string of the molecule is CCCOc1c(Cl)cc(/C=C/C(=O)Nc2ccc(C(=O)N(C)C)c(Cl)c2)cc1OC. The summed E-state index contributed by atoms with van der Waals surface area (Å²) in [6, 6.07) is 8.15. The second-order valence-corrected chi connectivity index (χ2v) is 7.41. The maximum absolute atomic E-state index is 12.3. The van der Waals surface area contributed by atoms with E-state index < -0.39 is 0 Å². The molecule has 0 aromatic heterocycles. The monoisotopic (exact) mass is 450 g/mol. The lowest BCUT2D eigenvalue weighted by Crippen LogP contribution is -2.22. The van der Waals surface area contributed by atoms with Crippen LogP contribution in [0.2, 0.25) is 10.0 Å². The topological polar surface area (TPSA) is 67.9 Å². The predicted octanol–water partition coefficient (Wildman–Crippen LogP) is 5.14. The van der Waals surface area contributed by atoms with Crippen LogP contribution in [0.5, 0.6) is 11.5 Å². The molecule has 2 amide bonds. The highest BCUT2D eigenvalue weighted by atomic mass is 35.5. The molecule has 0 bridgehead atoms. The van der Waals surface area contributed by atoms with Crippen LogP contribution in [0.4, 0.5) is 5.69 Å². The highest BCUT2D eigenvalue weighted by Crippen LogP contribution is 2.36. The molecule has 0 saturated heterocycles. The summed E-state index contributed by atoms with van der Waals surface area (Å²) < 4.78 is 11.0. The Hall–Kier alpha value is -2.70. The van der Waals surface area contributed by atoms with Crippen molar-refractivity contribution in [3.8, 4) is 11.5 Å². The first kappa shape index (κ1) is 23.6. The number of carbonyl (C=O) groups is 2. The summed E-state index contributed by atoms with van der Waals surface area (Å²) in [5.74, 6) is 0.391. The van der Waals surface area contributed by atoms with Crippen LogP contribution in [-0.2, 0) is 4.79 Å². The summed E-state index contributed by atoms with van der Waals surface area (Å²) in [5, 5.41) is 3.36. The van der Waals surface area contributed by atoms with Crippen LogP contribution in [-0.4, -0.2) is 44.5 Å². The van der Waals surface area contributed by atoms with E-state index in [4.69, 9.17) is 32.7 Å². The summed E-state index contributed by atoms with van der Waals surface area (Å²) in [7, 11) is 4.81. The molecule has 2 aromatic carbocycles. The van der Waals surface area contributed by atoms with Crippen molar-refractivity contribution in [1.82, 2.24) is 4.90 Å². The van der Waals surface area contributed by atoms with Crippen molar-refractivity contribution in [2.75, 3.05) is 33.1 Å². The molecule has 6 nitrogen and oxygen atoms in total. The first-order chi connectivity index (χ1) is 14.3. The number of hydrogen-bond donors (Lipinski definition) is 1. The molecule has 30 heavy (non-hydrogen) atoms. The second kappa shape index (κ2) is 10.9. The lowest BCUT2D eigenvalue weighted by molar-refractivity contribution is -0.111. The number of halogens is 2. The normalized spacial score (nSPS) is 10.7. The number of anilines is 1. The number of rotatable bonds is 8. The Morgan fingerprint density at radius 1 is 1.13 bits per heavy atom. The van der Waals surface area contributed by atoms with E-state index in [-0.39, 0.29) is 16.8 Å². The fourth-order valence-corrected chi connectivity index (χ4v) is 3.08. The van der Waals surface area contributed by atoms with Crippen molar-refractivity contribution in [1.29, 1.82) is 0 Å². The summed E-state index contributed by atoms with van der Waals surface area (Å²) in [6.45, 7) is 2.52. The Kier molecular flexibility index (Phi) is 8.57. The number of carbonyl (C=O) groups excluding carboxylic acids is 2. The van der Waals surface area contributed by atoms with Gasteiger partial charge in [0.05, 0.1) is 29.3 Å². The van der Waals surface area contributed by atoms with Gasteiger partial charge in [-0.3, -0.25) is 9.59 Å². The summed E-state index contributed by atoms with van der Waals surface area (Å²) in [6.07, 6.45) is 3.82. The lowest BCUT2D eigenvalue weighted by Gasteiger charge is -2.13. The smallest absolute Gasteiger partial charge is 0.254 e. The molecule has 0 radical (unpaired) electrons. The van der Waals surface area contributed by atoms with Crippen LogP contribution >= 0.6 is 23.2 Å². The second-order valence-electron chi connectivity index (χ2n) is 6.60. The zero-order valence-corrected chi connectivity index (χ0v) is 18.8. The van der Waals surface area contributed by atoms with Crippen molar-refractivity contribution >= 4 is 46.8 Å². The number of benzene rings is 2. The average molecular weight is 451 g/mol. The molecule has 8 heteroatoms. The van der Waals surface area contributed by atoms with E-state index in [2.05, 4.69) is 5.32 Å². The van der Waals surface area contributed by atoms with Crippen LogP contribution in [0, 0.1) is 0 Å². The molecular weight excluding hydrogens is 427 g/mol. The van der Waals surface area contributed by atoms with E-state index in [1.807, 2.05) is 6.92 Å². The van der Waals surface area contributed by atoms with Crippen LogP contribution in [0.15, 0.2) is 36.4 Å². The highest BCUT2D eigenvalue weighted by molar-refractivity contribution is 6.34. The summed E-state index contributed by atoms with van der Waals surface area (Å²) >= 11 is 12.5. The molecule has 0 aliphatic heterocycles. The van der Waals surface area contributed by atoms with E-state index in [1.165, 1.54) is 24.2 Å². The maximum atomic E-state index is 12.3. The van der Waals surface area contributed by atoms with Gasteiger partial charge in [-0.2, -0.15) is 0 Å². The van der Waals surface area contributed by atoms with E-state index in [1.54, 1.807) is 44.4 Å². The Balaban J connectivity index is 2.12. The van der Waals surface area contributed by atoms with Crippen LogP contribution < -0.4 is 14.8 Å². The van der Waals surface area contributed by atoms with Gasteiger partial charge in [-0.15, -0.1) is 0 Å². The number of amides is 2. The van der Waals surface area contributed by atoms with Gasteiger partial charge in [0.1, 0.15) is 0 Å². The number of nitrogens with one attached hydrogen (secondary N) is 1. The molecule has 0 heterocycles. The Morgan fingerprint density at radius 2 is 1.87 bits per heavy atom. The summed E-state index contributed by atoms with van der Waals surface area (Å²) in [5.41, 5.74) is 1.52. The molecule has 2 rings (SSSR count). The van der Waals surface area contributed by atoms with Gasteiger partial charge in [0.15, 0.2) is 11.5 Å². The predicted molar refractivity (Wildman–Crippen MR) is 121 cm³/mol. The van der Waals surface area contributed by atoms with Crippen molar-refractivity contribution in [3.05, 3.63) is 57.6 Å². The van der Waals surface area contributed by atoms with E-state index >= 15 is 0 Å². The summed E-state index contributed by atoms with van der Waals surface area (Å²) in [4.78, 5) is 25.7. The first-order valence-corrected chi connectivity index (χ1v) is 10.0. The Labute approximate surface area is 186 Å².